The van der Waals surface area contributed by atoms with Gasteiger partial charge < -0.3 is 29.5 Å². The molecule has 2 fully saturated rings. The Bertz CT molecular complexity index is 285. The zero-order valence-corrected chi connectivity index (χ0v) is 10.6. The van der Waals surface area contributed by atoms with Gasteiger partial charge in [-0.2, -0.15) is 0 Å². The second kappa shape index (κ2) is 4.96. The van der Waals surface area contributed by atoms with Gasteiger partial charge in [0.1, 0.15) is 24.4 Å². The molecule has 0 radical (unpaired) electrons. The first-order valence-electron chi connectivity index (χ1n) is 4.84. The van der Waals surface area contributed by atoms with Crippen LogP contribution in [0.4, 0.5) is 0 Å². The fourth-order valence-electron chi connectivity index (χ4n) is 1.79. The molecule has 0 aromatic carbocycles. The van der Waals surface area contributed by atoms with Crippen molar-refractivity contribution in [2.75, 3.05) is 6.61 Å². The van der Waals surface area contributed by atoms with Crippen molar-refractivity contribution in [3.05, 3.63) is 0 Å². The number of aliphatic hydroxyl groups excluding tert-OH is 3. The van der Waals surface area contributed by atoms with Crippen molar-refractivity contribution >= 4 is 34.8 Å². The second-order valence-corrected chi connectivity index (χ2v) is 6.19. The highest BCUT2D eigenvalue weighted by molar-refractivity contribution is 6.67. The molecule has 100 valence electrons. The summed E-state index contributed by atoms with van der Waals surface area (Å²) in [5.74, 6) is 0. The van der Waals surface area contributed by atoms with Gasteiger partial charge in [-0.1, -0.05) is 34.8 Å². The Morgan fingerprint density at radius 2 is 1.82 bits per heavy atom. The van der Waals surface area contributed by atoms with Crippen LogP contribution in [0.2, 0.25) is 0 Å². The maximum Gasteiger partial charge on any atom is 0.241 e. The average Bonchev–Trinajstić information content (AvgIpc) is 2.77. The third-order valence-corrected chi connectivity index (χ3v) is 3.14. The minimum Gasteiger partial charge on any atom is -0.394 e. The van der Waals surface area contributed by atoms with Crippen LogP contribution in [-0.2, 0) is 14.2 Å². The van der Waals surface area contributed by atoms with Crippen molar-refractivity contribution in [3.63, 3.8) is 0 Å². The van der Waals surface area contributed by atoms with Crippen LogP contribution in [0.15, 0.2) is 0 Å². The van der Waals surface area contributed by atoms with E-state index in [4.69, 9.17) is 54.1 Å². The number of hydrogen-bond acceptors (Lipinski definition) is 6. The summed E-state index contributed by atoms with van der Waals surface area (Å²) in [6, 6.07) is 0. The smallest absolute Gasteiger partial charge is 0.241 e. The number of rotatable bonds is 2. The number of halogens is 3. The molecular formula is C8H11Cl3O6. The minimum atomic E-state index is -1.79. The molecule has 0 aromatic rings. The highest BCUT2D eigenvalue weighted by Gasteiger charge is 2.57. The van der Waals surface area contributed by atoms with Crippen molar-refractivity contribution in [1.29, 1.82) is 0 Å². The Morgan fingerprint density at radius 3 is 2.29 bits per heavy atom. The molecule has 0 spiro atoms. The zero-order chi connectivity index (χ0) is 12.8. The number of ether oxygens (including phenoxy) is 3. The van der Waals surface area contributed by atoms with Gasteiger partial charge in [0.2, 0.25) is 10.1 Å². The lowest BCUT2D eigenvalue weighted by molar-refractivity contribution is -0.188. The zero-order valence-electron chi connectivity index (χ0n) is 8.37. The second-order valence-electron chi connectivity index (χ2n) is 3.82. The summed E-state index contributed by atoms with van der Waals surface area (Å²) in [5.41, 5.74) is 0. The number of alkyl halides is 3. The molecule has 0 aliphatic carbocycles. The van der Waals surface area contributed by atoms with Crippen molar-refractivity contribution in [2.24, 2.45) is 0 Å². The summed E-state index contributed by atoms with van der Waals surface area (Å²) in [7, 11) is 0. The van der Waals surface area contributed by atoms with Crippen LogP contribution in [-0.4, -0.2) is 62.7 Å². The van der Waals surface area contributed by atoms with Crippen LogP contribution in [0.25, 0.3) is 0 Å². The van der Waals surface area contributed by atoms with Gasteiger partial charge in [-0.3, -0.25) is 0 Å². The SMILES string of the molecule is OC[C@@H](O)[C@@H]1O[C@H]2O[C@@H](C(Cl)(Cl)Cl)O[C@@H]2[C@H]1O. The Hall–Kier alpha value is 0.630. The molecule has 2 aliphatic rings. The van der Waals surface area contributed by atoms with Crippen molar-refractivity contribution in [2.45, 2.75) is 40.8 Å². The predicted molar refractivity (Wildman–Crippen MR) is 57.8 cm³/mol. The van der Waals surface area contributed by atoms with E-state index in [9.17, 15) is 10.2 Å². The Balaban J connectivity index is 2.01. The van der Waals surface area contributed by atoms with Crippen LogP contribution in [0.3, 0.4) is 0 Å². The van der Waals surface area contributed by atoms with Gasteiger partial charge in [0.25, 0.3) is 0 Å². The molecule has 2 rings (SSSR count). The maximum absolute atomic E-state index is 9.81. The van der Waals surface area contributed by atoms with Gasteiger partial charge in [-0.15, -0.1) is 0 Å². The largest absolute Gasteiger partial charge is 0.394 e. The lowest BCUT2D eigenvalue weighted by Gasteiger charge is -2.24. The molecular weight excluding hydrogens is 298 g/mol. The number of aliphatic hydroxyl groups is 3. The number of hydrogen-bond donors (Lipinski definition) is 3. The van der Waals surface area contributed by atoms with Crippen molar-refractivity contribution in [3.8, 4) is 0 Å². The van der Waals surface area contributed by atoms with Crippen molar-refractivity contribution < 1.29 is 29.5 Å². The molecule has 6 atom stereocenters. The Kier molecular flexibility index (Phi) is 4.10. The molecule has 0 aromatic heterocycles. The quantitative estimate of drug-likeness (QED) is 0.598. The lowest BCUT2D eigenvalue weighted by Crippen LogP contribution is -2.42. The molecule has 3 N–H and O–H groups in total. The first-order valence-corrected chi connectivity index (χ1v) is 5.98. The van der Waals surface area contributed by atoms with Crippen LogP contribution in [0, 0.1) is 0 Å². The van der Waals surface area contributed by atoms with Gasteiger partial charge in [-0.05, 0) is 0 Å². The molecule has 0 bridgehead atoms. The summed E-state index contributed by atoms with van der Waals surface area (Å²) in [5, 5.41) is 28.0. The van der Waals surface area contributed by atoms with Gasteiger partial charge >= 0.3 is 0 Å². The van der Waals surface area contributed by atoms with E-state index < -0.39 is 47.4 Å². The third-order valence-electron chi connectivity index (χ3n) is 2.60. The van der Waals surface area contributed by atoms with Gasteiger partial charge in [0.15, 0.2) is 6.29 Å². The molecule has 17 heavy (non-hydrogen) atoms. The normalized spacial score (nSPS) is 43.8. The average molecular weight is 310 g/mol. The summed E-state index contributed by atoms with van der Waals surface area (Å²) >= 11 is 16.7. The Morgan fingerprint density at radius 1 is 1.18 bits per heavy atom. The molecule has 0 unspecified atom stereocenters. The van der Waals surface area contributed by atoms with Gasteiger partial charge in [-0.25, -0.2) is 0 Å². The monoisotopic (exact) mass is 308 g/mol. The highest BCUT2D eigenvalue weighted by Crippen LogP contribution is 2.42. The van der Waals surface area contributed by atoms with Crippen LogP contribution >= 0.6 is 34.8 Å². The van der Waals surface area contributed by atoms with Crippen LogP contribution in [0.5, 0.6) is 0 Å². The van der Waals surface area contributed by atoms with E-state index >= 15 is 0 Å². The van der Waals surface area contributed by atoms with Gasteiger partial charge in [0.05, 0.1) is 6.61 Å². The molecule has 2 aliphatic heterocycles. The fraction of sp³-hybridized carbons (Fsp3) is 1.00. The third kappa shape index (κ3) is 2.65. The van der Waals surface area contributed by atoms with Gasteiger partial charge in [0, 0.05) is 0 Å². The fourth-order valence-corrected chi connectivity index (χ4v) is 2.10. The summed E-state index contributed by atoms with van der Waals surface area (Å²) in [4.78, 5) is 0. The summed E-state index contributed by atoms with van der Waals surface area (Å²) in [6.45, 7) is -0.547. The van der Waals surface area contributed by atoms with Crippen LogP contribution in [0.1, 0.15) is 0 Å². The van der Waals surface area contributed by atoms with E-state index in [-0.39, 0.29) is 0 Å². The minimum absolute atomic E-state index is 0.547. The van der Waals surface area contributed by atoms with Crippen molar-refractivity contribution in [1.82, 2.24) is 0 Å². The lowest BCUT2D eigenvalue weighted by atomic mass is 10.1. The highest BCUT2D eigenvalue weighted by atomic mass is 35.6. The van der Waals surface area contributed by atoms with E-state index in [0.717, 1.165) is 0 Å². The molecule has 0 amide bonds. The van der Waals surface area contributed by atoms with E-state index in [1.54, 1.807) is 0 Å². The topological polar surface area (TPSA) is 88.4 Å². The standard InChI is InChI=1S/C8H11Cl3O6/c9-8(10,11)7-16-5-3(14)4(2(13)1-12)15-6(5)17-7/h2-7,12-14H,1H2/t2-,3+,4+,5-,6+,7+/m1/s1. The molecule has 2 saturated heterocycles. The molecule has 0 saturated carbocycles. The maximum atomic E-state index is 9.81. The predicted octanol–water partition coefficient (Wildman–Crippen LogP) is -0.463. The van der Waals surface area contributed by atoms with E-state index in [1.807, 2.05) is 0 Å². The molecule has 2 heterocycles. The van der Waals surface area contributed by atoms with E-state index in [2.05, 4.69) is 0 Å². The van der Waals surface area contributed by atoms with Crippen LogP contribution < -0.4 is 0 Å². The molecule has 6 nitrogen and oxygen atoms in total. The first-order chi connectivity index (χ1) is 7.84. The summed E-state index contributed by atoms with van der Waals surface area (Å²) in [6.07, 6.45) is -6.33. The summed E-state index contributed by atoms with van der Waals surface area (Å²) < 4.78 is 13.8. The Labute approximate surface area is 112 Å². The van der Waals surface area contributed by atoms with E-state index in [1.165, 1.54) is 0 Å². The first kappa shape index (κ1) is 14.0. The van der Waals surface area contributed by atoms with E-state index in [0.29, 0.717) is 0 Å². The number of fused-ring (bicyclic) bond motifs is 1. The molecule has 9 heteroatoms.